The van der Waals surface area contributed by atoms with Crippen LogP contribution in [-0.2, 0) is 6.42 Å². The molecule has 1 N–H and O–H groups in total. The number of nitrogens with one attached hydrogen (secondary N) is 1. The van der Waals surface area contributed by atoms with Crippen LogP contribution in [0.15, 0.2) is 24.3 Å². The molecule has 0 aliphatic rings. The van der Waals surface area contributed by atoms with Gasteiger partial charge in [-0.05, 0) is 50.9 Å². The van der Waals surface area contributed by atoms with Gasteiger partial charge in [-0.3, -0.25) is 0 Å². The van der Waals surface area contributed by atoms with E-state index in [1.54, 1.807) is 0 Å². The number of aryl methyl sites for hydroxylation is 1. The van der Waals surface area contributed by atoms with Gasteiger partial charge in [0.15, 0.2) is 0 Å². The van der Waals surface area contributed by atoms with E-state index >= 15 is 0 Å². The normalized spacial score (nSPS) is 13.3. The second-order valence-corrected chi connectivity index (χ2v) is 4.08. The van der Waals surface area contributed by atoms with Crippen LogP contribution in [0.2, 0.25) is 0 Å². The van der Waals surface area contributed by atoms with Crippen LogP contribution in [-0.4, -0.2) is 13.1 Å². The Balaban J connectivity index is 2.82. The second kappa shape index (κ2) is 5.72. The molecule has 0 radical (unpaired) electrons. The topological polar surface area (TPSA) is 12.0 Å². The smallest absolute Gasteiger partial charge is 0.00761 e. The summed E-state index contributed by atoms with van der Waals surface area (Å²) >= 11 is 0. The van der Waals surface area contributed by atoms with Crippen molar-refractivity contribution in [3.05, 3.63) is 41.0 Å². The molecular weight excluding hydrogens is 182 g/mol. The zero-order chi connectivity index (χ0) is 11.3. The summed E-state index contributed by atoms with van der Waals surface area (Å²) < 4.78 is 0. The highest BCUT2D eigenvalue weighted by Crippen LogP contribution is 2.14. The molecule has 0 aliphatic carbocycles. The summed E-state index contributed by atoms with van der Waals surface area (Å²) in [5, 5.41) is 3.26. The first-order valence-corrected chi connectivity index (χ1v) is 5.57. The molecule has 82 valence electrons. The SMILES string of the molecule is C/C=C\c1ccc(CC(C)NC)cc1C. The lowest BCUT2D eigenvalue weighted by Crippen LogP contribution is -2.23. The molecule has 0 saturated heterocycles. The zero-order valence-corrected chi connectivity index (χ0v) is 10.2. The first kappa shape index (κ1) is 12.0. The number of hydrogen-bond acceptors (Lipinski definition) is 1. The van der Waals surface area contributed by atoms with E-state index in [1.165, 1.54) is 16.7 Å². The van der Waals surface area contributed by atoms with Gasteiger partial charge in [-0.2, -0.15) is 0 Å². The summed E-state index contributed by atoms with van der Waals surface area (Å²) in [7, 11) is 2.01. The third-order valence-electron chi connectivity index (χ3n) is 2.72. The quantitative estimate of drug-likeness (QED) is 0.792. The van der Waals surface area contributed by atoms with E-state index in [-0.39, 0.29) is 0 Å². The molecule has 1 heteroatoms. The summed E-state index contributed by atoms with van der Waals surface area (Å²) in [5.41, 5.74) is 4.08. The molecule has 15 heavy (non-hydrogen) atoms. The predicted molar refractivity (Wildman–Crippen MR) is 68.1 cm³/mol. The maximum atomic E-state index is 3.26. The van der Waals surface area contributed by atoms with E-state index in [0.717, 1.165) is 6.42 Å². The molecule has 1 unspecified atom stereocenters. The molecule has 0 fully saturated rings. The molecule has 0 spiro atoms. The molecule has 0 bridgehead atoms. The first-order valence-electron chi connectivity index (χ1n) is 5.57. The molecule has 1 nitrogen and oxygen atoms in total. The fourth-order valence-electron chi connectivity index (χ4n) is 1.69. The van der Waals surface area contributed by atoms with Gasteiger partial charge < -0.3 is 5.32 Å². The molecule has 1 rings (SSSR count). The van der Waals surface area contributed by atoms with Crippen LogP contribution in [0.3, 0.4) is 0 Å². The van der Waals surface area contributed by atoms with Crippen LogP contribution in [0.1, 0.15) is 30.5 Å². The summed E-state index contributed by atoms with van der Waals surface area (Å²) in [5.74, 6) is 0. The Morgan fingerprint density at radius 3 is 2.67 bits per heavy atom. The molecular formula is C14H21N. The van der Waals surface area contributed by atoms with Crippen molar-refractivity contribution in [3.63, 3.8) is 0 Å². The maximum Gasteiger partial charge on any atom is 0.00761 e. The lowest BCUT2D eigenvalue weighted by molar-refractivity contribution is 0.608. The van der Waals surface area contributed by atoms with E-state index in [9.17, 15) is 0 Å². The highest BCUT2D eigenvalue weighted by atomic mass is 14.8. The van der Waals surface area contributed by atoms with Crippen LogP contribution in [0, 0.1) is 6.92 Å². The fraction of sp³-hybridized carbons (Fsp3) is 0.429. The van der Waals surface area contributed by atoms with E-state index in [1.807, 2.05) is 7.05 Å². The van der Waals surface area contributed by atoms with E-state index in [4.69, 9.17) is 0 Å². The predicted octanol–water partition coefficient (Wildman–Crippen LogP) is 3.18. The molecule has 0 aliphatic heterocycles. The maximum absolute atomic E-state index is 3.26. The third kappa shape index (κ3) is 3.52. The Morgan fingerprint density at radius 2 is 2.13 bits per heavy atom. The van der Waals surface area contributed by atoms with Gasteiger partial charge in [0.25, 0.3) is 0 Å². The lowest BCUT2D eigenvalue weighted by atomic mass is 10.0. The van der Waals surface area contributed by atoms with Gasteiger partial charge in [-0.25, -0.2) is 0 Å². The van der Waals surface area contributed by atoms with Crippen molar-refractivity contribution < 1.29 is 0 Å². The fourth-order valence-corrected chi connectivity index (χ4v) is 1.69. The Morgan fingerprint density at radius 1 is 1.40 bits per heavy atom. The molecule has 1 atom stereocenters. The molecule has 1 aromatic carbocycles. The summed E-state index contributed by atoms with van der Waals surface area (Å²) in [6.07, 6.45) is 5.33. The van der Waals surface area contributed by atoms with Crippen molar-refractivity contribution >= 4 is 6.08 Å². The minimum Gasteiger partial charge on any atom is -0.317 e. The van der Waals surface area contributed by atoms with Crippen LogP contribution >= 0.6 is 0 Å². The summed E-state index contributed by atoms with van der Waals surface area (Å²) in [6.45, 7) is 6.43. The Kier molecular flexibility index (Phi) is 4.57. The Bertz CT molecular complexity index is 339. The van der Waals surface area contributed by atoms with Gasteiger partial charge >= 0.3 is 0 Å². The van der Waals surface area contributed by atoms with Gasteiger partial charge in [0.1, 0.15) is 0 Å². The summed E-state index contributed by atoms with van der Waals surface area (Å²) in [6, 6.07) is 7.24. The van der Waals surface area contributed by atoms with Crippen LogP contribution in [0.5, 0.6) is 0 Å². The van der Waals surface area contributed by atoms with Crippen molar-refractivity contribution in [2.24, 2.45) is 0 Å². The number of rotatable bonds is 4. The second-order valence-electron chi connectivity index (χ2n) is 4.08. The minimum atomic E-state index is 0.539. The van der Waals surface area contributed by atoms with Gasteiger partial charge in [0.2, 0.25) is 0 Å². The number of benzene rings is 1. The van der Waals surface area contributed by atoms with Crippen molar-refractivity contribution in [1.82, 2.24) is 5.32 Å². The van der Waals surface area contributed by atoms with Crippen molar-refractivity contribution in [1.29, 1.82) is 0 Å². The Labute approximate surface area is 93.2 Å². The Hall–Kier alpha value is -1.08. The standard InChI is InChI=1S/C14H21N/c1-5-6-14-8-7-13(9-11(14)2)10-12(3)15-4/h5-9,12,15H,10H2,1-4H3/b6-5-. The van der Waals surface area contributed by atoms with Crippen LogP contribution in [0.4, 0.5) is 0 Å². The van der Waals surface area contributed by atoms with Crippen LogP contribution in [0.25, 0.3) is 6.08 Å². The van der Waals surface area contributed by atoms with Crippen molar-refractivity contribution in [3.8, 4) is 0 Å². The molecule has 1 aromatic rings. The largest absolute Gasteiger partial charge is 0.317 e. The molecule has 0 amide bonds. The van der Waals surface area contributed by atoms with Crippen LogP contribution < -0.4 is 5.32 Å². The van der Waals surface area contributed by atoms with E-state index in [0.29, 0.717) is 6.04 Å². The van der Waals surface area contributed by atoms with Crippen molar-refractivity contribution in [2.75, 3.05) is 7.05 Å². The number of likely N-dealkylation sites (N-methyl/N-ethyl adjacent to an activating group) is 1. The average molecular weight is 203 g/mol. The van der Waals surface area contributed by atoms with Gasteiger partial charge in [-0.15, -0.1) is 0 Å². The third-order valence-corrected chi connectivity index (χ3v) is 2.72. The monoisotopic (exact) mass is 203 g/mol. The first-order chi connectivity index (χ1) is 7.17. The van der Waals surface area contributed by atoms with E-state index < -0.39 is 0 Å². The zero-order valence-electron chi connectivity index (χ0n) is 10.2. The average Bonchev–Trinajstić information content (AvgIpc) is 2.22. The van der Waals surface area contributed by atoms with Gasteiger partial charge in [0, 0.05) is 6.04 Å². The molecule has 0 saturated carbocycles. The lowest BCUT2D eigenvalue weighted by Gasteiger charge is -2.11. The molecule has 0 aromatic heterocycles. The summed E-state index contributed by atoms with van der Waals surface area (Å²) in [4.78, 5) is 0. The number of allylic oxidation sites excluding steroid dienone is 1. The minimum absolute atomic E-state index is 0.539. The highest BCUT2D eigenvalue weighted by Gasteiger charge is 2.02. The van der Waals surface area contributed by atoms with Crippen molar-refractivity contribution in [2.45, 2.75) is 33.2 Å². The number of hydrogen-bond donors (Lipinski definition) is 1. The van der Waals surface area contributed by atoms with E-state index in [2.05, 4.69) is 56.4 Å². The van der Waals surface area contributed by atoms with Gasteiger partial charge in [0.05, 0.1) is 0 Å². The highest BCUT2D eigenvalue weighted by molar-refractivity contribution is 5.54. The molecule has 0 heterocycles. The van der Waals surface area contributed by atoms with Gasteiger partial charge in [-0.1, -0.05) is 30.4 Å².